The largest absolute Gasteiger partial charge is 0.484 e. The number of rotatable bonds is 4. The molecule has 1 aliphatic carbocycles. The van der Waals surface area contributed by atoms with Gasteiger partial charge in [-0.15, -0.1) is 12.4 Å². The molecule has 1 fully saturated rings. The summed E-state index contributed by atoms with van der Waals surface area (Å²) in [7, 11) is 0. The molecular formula is C14H20Cl2N2O2. The third kappa shape index (κ3) is 5.57. The Morgan fingerprint density at radius 3 is 2.70 bits per heavy atom. The number of carbonyl (C=O) groups excluding carboxylic acids is 1. The van der Waals surface area contributed by atoms with E-state index in [4.69, 9.17) is 22.1 Å². The lowest BCUT2D eigenvalue weighted by molar-refractivity contribution is -0.124. The maximum absolute atomic E-state index is 11.8. The Labute approximate surface area is 130 Å². The van der Waals surface area contributed by atoms with Crippen molar-refractivity contribution in [2.45, 2.75) is 37.8 Å². The highest BCUT2D eigenvalue weighted by Gasteiger charge is 2.19. The van der Waals surface area contributed by atoms with Gasteiger partial charge in [0, 0.05) is 17.1 Å². The number of halogens is 2. The molecule has 112 valence electrons. The van der Waals surface area contributed by atoms with Gasteiger partial charge < -0.3 is 15.8 Å². The Morgan fingerprint density at radius 2 is 2.05 bits per heavy atom. The Bertz CT molecular complexity index is 435. The molecule has 0 heterocycles. The van der Waals surface area contributed by atoms with Crippen molar-refractivity contribution in [2.75, 3.05) is 6.61 Å². The summed E-state index contributed by atoms with van der Waals surface area (Å²) < 4.78 is 5.39. The minimum Gasteiger partial charge on any atom is -0.484 e. The molecule has 1 amide bonds. The molecule has 0 atom stereocenters. The van der Waals surface area contributed by atoms with E-state index < -0.39 is 0 Å². The molecule has 0 spiro atoms. The van der Waals surface area contributed by atoms with Crippen molar-refractivity contribution in [2.24, 2.45) is 5.73 Å². The molecule has 0 aromatic heterocycles. The van der Waals surface area contributed by atoms with Gasteiger partial charge in [-0.1, -0.05) is 17.7 Å². The normalized spacial score (nSPS) is 21.7. The van der Waals surface area contributed by atoms with E-state index in [0.29, 0.717) is 10.8 Å². The number of hydrogen-bond acceptors (Lipinski definition) is 3. The Morgan fingerprint density at radius 1 is 1.35 bits per heavy atom. The van der Waals surface area contributed by atoms with Gasteiger partial charge in [0.15, 0.2) is 6.61 Å². The molecule has 4 nitrogen and oxygen atoms in total. The first-order chi connectivity index (χ1) is 9.13. The van der Waals surface area contributed by atoms with Crippen molar-refractivity contribution in [3.8, 4) is 5.75 Å². The van der Waals surface area contributed by atoms with Crippen LogP contribution in [-0.2, 0) is 4.79 Å². The van der Waals surface area contributed by atoms with E-state index in [1.807, 2.05) is 0 Å². The summed E-state index contributed by atoms with van der Waals surface area (Å²) in [5.41, 5.74) is 5.83. The second-order valence-corrected chi connectivity index (χ2v) is 5.36. The zero-order valence-corrected chi connectivity index (χ0v) is 12.8. The number of carbonyl (C=O) groups is 1. The first-order valence-electron chi connectivity index (χ1n) is 6.57. The molecule has 0 unspecified atom stereocenters. The van der Waals surface area contributed by atoms with Gasteiger partial charge in [-0.3, -0.25) is 4.79 Å². The van der Waals surface area contributed by atoms with E-state index in [9.17, 15) is 4.79 Å². The Kier molecular flexibility index (Phi) is 7.13. The van der Waals surface area contributed by atoms with E-state index in [1.165, 1.54) is 0 Å². The van der Waals surface area contributed by atoms with Crippen molar-refractivity contribution in [1.29, 1.82) is 0 Å². The van der Waals surface area contributed by atoms with Gasteiger partial charge in [0.25, 0.3) is 5.91 Å². The molecule has 0 aliphatic heterocycles. The molecule has 0 radical (unpaired) electrons. The van der Waals surface area contributed by atoms with E-state index >= 15 is 0 Å². The van der Waals surface area contributed by atoms with Crippen LogP contribution in [-0.4, -0.2) is 24.6 Å². The molecular weight excluding hydrogens is 299 g/mol. The van der Waals surface area contributed by atoms with Crippen molar-refractivity contribution < 1.29 is 9.53 Å². The predicted octanol–water partition coefficient (Wildman–Crippen LogP) is 2.53. The van der Waals surface area contributed by atoms with E-state index in [0.717, 1.165) is 25.7 Å². The third-order valence-electron chi connectivity index (χ3n) is 3.30. The average molecular weight is 319 g/mol. The lowest BCUT2D eigenvalue weighted by Gasteiger charge is -2.26. The standard InChI is InChI=1S/C14H19ClN2O2.ClH/c15-10-2-1-3-13(8-10)19-9-14(18)17-12-6-4-11(16)5-7-12;/h1-3,8,11-12H,4-7,9,16H2,(H,17,18);1H. The summed E-state index contributed by atoms with van der Waals surface area (Å²) in [5.74, 6) is 0.508. The second-order valence-electron chi connectivity index (χ2n) is 4.93. The SMILES string of the molecule is Cl.NC1CCC(NC(=O)COc2cccc(Cl)c2)CC1. The molecule has 1 saturated carbocycles. The van der Waals surface area contributed by atoms with Gasteiger partial charge in [-0.05, 0) is 43.9 Å². The van der Waals surface area contributed by atoms with Gasteiger partial charge in [-0.2, -0.15) is 0 Å². The van der Waals surface area contributed by atoms with Gasteiger partial charge in [0.2, 0.25) is 0 Å². The van der Waals surface area contributed by atoms with Gasteiger partial charge in [0.1, 0.15) is 5.75 Å². The van der Waals surface area contributed by atoms with Gasteiger partial charge >= 0.3 is 0 Å². The van der Waals surface area contributed by atoms with E-state index in [2.05, 4.69) is 5.32 Å². The van der Waals surface area contributed by atoms with Crippen LogP contribution in [0.4, 0.5) is 0 Å². The van der Waals surface area contributed by atoms with Crippen LogP contribution in [0.3, 0.4) is 0 Å². The maximum Gasteiger partial charge on any atom is 0.258 e. The molecule has 20 heavy (non-hydrogen) atoms. The monoisotopic (exact) mass is 318 g/mol. The number of nitrogens with two attached hydrogens (primary N) is 1. The quantitative estimate of drug-likeness (QED) is 0.896. The van der Waals surface area contributed by atoms with Gasteiger partial charge in [0.05, 0.1) is 0 Å². The summed E-state index contributed by atoms with van der Waals surface area (Å²) in [4.78, 5) is 11.8. The molecule has 1 aromatic carbocycles. The van der Waals surface area contributed by atoms with Crippen LogP contribution in [0, 0.1) is 0 Å². The number of hydrogen-bond donors (Lipinski definition) is 2. The highest BCUT2D eigenvalue weighted by atomic mass is 35.5. The van der Waals surface area contributed by atoms with Crippen LogP contribution in [0.25, 0.3) is 0 Å². The zero-order chi connectivity index (χ0) is 13.7. The summed E-state index contributed by atoms with van der Waals surface area (Å²) in [6.45, 7) is 0.0168. The van der Waals surface area contributed by atoms with Crippen molar-refractivity contribution in [1.82, 2.24) is 5.32 Å². The Hall–Kier alpha value is -0.970. The van der Waals surface area contributed by atoms with Crippen LogP contribution in [0.5, 0.6) is 5.75 Å². The predicted molar refractivity (Wildman–Crippen MR) is 82.6 cm³/mol. The van der Waals surface area contributed by atoms with Crippen LogP contribution >= 0.6 is 24.0 Å². The first-order valence-corrected chi connectivity index (χ1v) is 6.94. The molecule has 1 aliphatic rings. The lowest BCUT2D eigenvalue weighted by atomic mass is 9.92. The Balaban J connectivity index is 0.00000200. The first kappa shape index (κ1) is 17.1. The van der Waals surface area contributed by atoms with Crippen molar-refractivity contribution in [3.05, 3.63) is 29.3 Å². The molecule has 6 heteroatoms. The zero-order valence-electron chi connectivity index (χ0n) is 11.2. The number of amides is 1. The molecule has 0 saturated heterocycles. The fourth-order valence-corrected chi connectivity index (χ4v) is 2.42. The summed E-state index contributed by atoms with van der Waals surface area (Å²) in [6.07, 6.45) is 3.84. The van der Waals surface area contributed by atoms with Gasteiger partial charge in [-0.25, -0.2) is 0 Å². The van der Waals surface area contributed by atoms with Crippen molar-refractivity contribution in [3.63, 3.8) is 0 Å². The van der Waals surface area contributed by atoms with Crippen LogP contribution in [0.15, 0.2) is 24.3 Å². The molecule has 0 bridgehead atoms. The van der Waals surface area contributed by atoms with E-state index in [1.54, 1.807) is 24.3 Å². The third-order valence-corrected chi connectivity index (χ3v) is 3.54. The van der Waals surface area contributed by atoms with Crippen LogP contribution in [0.1, 0.15) is 25.7 Å². The highest BCUT2D eigenvalue weighted by molar-refractivity contribution is 6.30. The minimum atomic E-state index is -0.0968. The second kappa shape index (κ2) is 8.35. The molecule has 3 N–H and O–H groups in total. The van der Waals surface area contributed by atoms with Crippen LogP contribution < -0.4 is 15.8 Å². The van der Waals surface area contributed by atoms with Crippen LogP contribution in [0.2, 0.25) is 5.02 Å². The highest BCUT2D eigenvalue weighted by Crippen LogP contribution is 2.18. The summed E-state index contributed by atoms with van der Waals surface area (Å²) >= 11 is 5.84. The topological polar surface area (TPSA) is 64.3 Å². The number of nitrogens with one attached hydrogen (secondary N) is 1. The molecule has 2 rings (SSSR count). The van der Waals surface area contributed by atoms with Crippen molar-refractivity contribution >= 4 is 29.9 Å². The fourth-order valence-electron chi connectivity index (χ4n) is 2.24. The minimum absolute atomic E-state index is 0. The smallest absolute Gasteiger partial charge is 0.258 e. The molecule has 1 aromatic rings. The maximum atomic E-state index is 11.8. The van der Waals surface area contributed by atoms with E-state index in [-0.39, 0.29) is 37.0 Å². The number of ether oxygens (including phenoxy) is 1. The fraction of sp³-hybridized carbons (Fsp3) is 0.500. The average Bonchev–Trinajstić information content (AvgIpc) is 2.39. The lowest BCUT2D eigenvalue weighted by Crippen LogP contribution is -2.42. The summed E-state index contributed by atoms with van der Waals surface area (Å²) in [5, 5.41) is 3.57. The number of benzene rings is 1. The summed E-state index contributed by atoms with van der Waals surface area (Å²) in [6, 6.07) is 7.54.